The number of allylic oxidation sites excluding steroid dienone is 2. The molecule has 0 radical (unpaired) electrons. The Labute approximate surface area is 42.8 Å². The van der Waals surface area contributed by atoms with Crippen LogP contribution >= 0.6 is 0 Å². The van der Waals surface area contributed by atoms with Crippen molar-refractivity contribution in [3.8, 4) is 0 Å². The van der Waals surface area contributed by atoms with Crippen molar-refractivity contribution in [2.75, 3.05) is 6.54 Å². The number of hydrogen-bond acceptors (Lipinski definition) is 2. The van der Waals surface area contributed by atoms with Crippen LogP contribution in [0.4, 0.5) is 0 Å². The van der Waals surface area contributed by atoms with E-state index in [9.17, 15) is 0 Å². The molecule has 0 aliphatic rings. The molecule has 0 heterocycles. The quantitative estimate of drug-likeness (QED) is 0.377. The van der Waals surface area contributed by atoms with E-state index in [0.717, 1.165) is 0 Å². The summed E-state index contributed by atoms with van der Waals surface area (Å²) in [4.78, 5) is 0. The lowest BCUT2D eigenvalue weighted by atomic mass is 10.5. The largest absolute Gasteiger partial charge is 0.327 e. The lowest BCUT2D eigenvalue weighted by molar-refractivity contribution is 1.26. The van der Waals surface area contributed by atoms with E-state index in [2.05, 4.69) is 5.87 Å². The summed E-state index contributed by atoms with van der Waals surface area (Å²) in [6.45, 7) is 0.526. The molecule has 0 fully saturated rings. The molecule has 2 heteroatoms. The molecule has 0 aromatic carbocycles. The van der Waals surface area contributed by atoms with Crippen LogP contribution in [-0.4, -0.2) is 12.4 Å². The molecule has 3 N–H and O–H groups in total. The SMILES string of the molecule is N=C=CC=CCN. The summed E-state index contributed by atoms with van der Waals surface area (Å²) in [5, 5.41) is 6.38. The van der Waals surface area contributed by atoms with Crippen LogP contribution in [0.1, 0.15) is 0 Å². The fourth-order valence-corrected chi connectivity index (χ4v) is 0.195. The lowest BCUT2D eigenvalue weighted by Gasteiger charge is -1.69. The minimum absolute atomic E-state index is 0.526. The van der Waals surface area contributed by atoms with Crippen LogP contribution in [0.25, 0.3) is 0 Å². The van der Waals surface area contributed by atoms with E-state index in [-0.39, 0.29) is 0 Å². The Morgan fingerprint density at radius 1 is 1.71 bits per heavy atom. The van der Waals surface area contributed by atoms with Gasteiger partial charge in [-0.25, -0.2) is 0 Å². The van der Waals surface area contributed by atoms with E-state index < -0.39 is 0 Å². The predicted octanol–water partition coefficient (Wildman–Crippen LogP) is 0.306. The Kier molecular flexibility index (Phi) is 4.52. The first-order valence-corrected chi connectivity index (χ1v) is 2.02. The second-order valence-electron chi connectivity index (χ2n) is 0.975. The number of nitrogens with two attached hydrogens (primary N) is 1. The minimum atomic E-state index is 0.526. The van der Waals surface area contributed by atoms with Crippen molar-refractivity contribution in [3.05, 3.63) is 18.2 Å². The molecule has 0 amide bonds. The van der Waals surface area contributed by atoms with Crippen LogP contribution in [0, 0.1) is 5.41 Å². The zero-order valence-corrected chi connectivity index (χ0v) is 4.02. The molecule has 0 unspecified atom stereocenters. The average molecular weight is 96.1 g/mol. The van der Waals surface area contributed by atoms with Gasteiger partial charge in [0.15, 0.2) is 0 Å². The van der Waals surface area contributed by atoms with Gasteiger partial charge >= 0.3 is 0 Å². The fraction of sp³-hybridized carbons (Fsp3) is 0.200. The topological polar surface area (TPSA) is 49.9 Å². The third-order valence-corrected chi connectivity index (χ3v) is 0.452. The summed E-state index contributed by atoms with van der Waals surface area (Å²) in [6, 6.07) is 0. The van der Waals surface area contributed by atoms with Crippen LogP contribution in [0.2, 0.25) is 0 Å². The maximum absolute atomic E-state index is 6.38. The summed E-state index contributed by atoms with van der Waals surface area (Å²) >= 11 is 0. The molecule has 0 atom stereocenters. The molecule has 38 valence electrons. The molecule has 7 heavy (non-hydrogen) atoms. The normalized spacial score (nSPS) is 8.71. The first-order valence-electron chi connectivity index (χ1n) is 2.02. The highest BCUT2D eigenvalue weighted by Gasteiger charge is 1.56. The monoisotopic (exact) mass is 96.1 g/mol. The second kappa shape index (κ2) is 5.15. The molecule has 0 rings (SSSR count). The van der Waals surface area contributed by atoms with Gasteiger partial charge < -0.3 is 5.73 Å². The van der Waals surface area contributed by atoms with Crippen LogP contribution in [0.15, 0.2) is 18.2 Å². The molecule has 0 aliphatic carbocycles. The molecule has 0 saturated carbocycles. The molecule has 0 saturated heterocycles. The fourth-order valence-electron chi connectivity index (χ4n) is 0.195. The van der Waals surface area contributed by atoms with E-state index in [1.807, 2.05) is 0 Å². The molecule has 0 aromatic heterocycles. The van der Waals surface area contributed by atoms with E-state index in [1.165, 1.54) is 6.08 Å². The van der Waals surface area contributed by atoms with Gasteiger partial charge in [0.2, 0.25) is 0 Å². The van der Waals surface area contributed by atoms with Gasteiger partial charge in [0.25, 0.3) is 0 Å². The zero-order chi connectivity index (χ0) is 5.54. The Morgan fingerprint density at radius 2 is 2.43 bits per heavy atom. The molecular weight excluding hydrogens is 88.1 g/mol. The van der Waals surface area contributed by atoms with Crippen molar-refractivity contribution in [1.82, 2.24) is 0 Å². The third-order valence-electron chi connectivity index (χ3n) is 0.452. The third kappa shape index (κ3) is 5.15. The second-order valence-corrected chi connectivity index (χ2v) is 0.975. The number of rotatable bonds is 2. The predicted molar refractivity (Wildman–Crippen MR) is 30.5 cm³/mol. The summed E-state index contributed by atoms with van der Waals surface area (Å²) in [7, 11) is 0. The van der Waals surface area contributed by atoms with Gasteiger partial charge in [0.05, 0.1) is 0 Å². The highest BCUT2D eigenvalue weighted by atomic mass is 14.5. The van der Waals surface area contributed by atoms with Crippen molar-refractivity contribution < 1.29 is 0 Å². The summed E-state index contributed by atoms with van der Waals surface area (Å²) in [6.07, 6.45) is 4.93. The highest BCUT2D eigenvalue weighted by molar-refractivity contribution is 5.50. The van der Waals surface area contributed by atoms with Crippen molar-refractivity contribution in [3.63, 3.8) is 0 Å². The van der Waals surface area contributed by atoms with Gasteiger partial charge in [-0.15, -0.1) is 0 Å². The molecule has 0 aromatic rings. The summed E-state index contributed by atoms with van der Waals surface area (Å²) < 4.78 is 0. The Morgan fingerprint density at radius 3 is 2.86 bits per heavy atom. The lowest BCUT2D eigenvalue weighted by Crippen LogP contribution is -1.91. The molecule has 0 spiro atoms. The van der Waals surface area contributed by atoms with Gasteiger partial charge in [-0.05, 0) is 11.9 Å². The van der Waals surface area contributed by atoms with Crippen LogP contribution in [-0.2, 0) is 0 Å². The first-order chi connectivity index (χ1) is 3.41. The smallest absolute Gasteiger partial charge is 0.0110 e. The average Bonchev–Trinajstić information content (AvgIpc) is 1.69. The van der Waals surface area contributed by atoms with Gasteiger partial charge in [-0.3, -0.25) is 5.41 Å². The van der Waals surface area contributed by atoms with Gasteiger partial charge in [-0.1, -0.05) is 12.2 Å². The van der Waals surface area contributed by atoms with Crippen molar-refractivity contribution >= 4 is 5.87 Å². The Bertz CT molecular complexity index is 98.6. The van der Waals surface area contributed by atoms with Gasteiger partial charge in [0, 0.05) is 6.54 Å². The van der Waals surface area contributed by atoms with Gasteiger partial charge in [0.1, 0.15) is 0 Å². The van der Waals surface area contributed by atoms with Gasteiger partial charge in [-0.2, -0.15) is 0 Å². The van der Waals surface area contributed by atoms with Crippen LogP contribution in [0.3, 0.4) is 0 Å². The molecule has 0 aliphatic heterocycles. The summed E-state index contributed by atoms with van der Waals surface area (Å²) in [5.74, 6) is 2.09. The maximum Gasteiger partial charge on any atom is 0.0110 e. The highest BCUT2D eigenvalue weighted by Crippen LogP contribution is 1.64. The van der Waals surface area contributed by atoms with Crippen molar-refractivity contribution in [2.24, 2.45) is 5.73 Å². The Hall–Kier alpha value is -0.850. The van der Waals surface area contributed by atoms with E-state index in [1.54, 1.807) is 12.2 Å². The standard InChI is InChI=1S/C5H8N2/c6-4-2-1-3-5-7/h1-3,7H,4,6H2. The number of hydrogen-bond donors (Lipinski definition) is 2. The van der Waals surface area contributed by atoms with Crippen LogP contribution in [0.5, 0.6) is 0 Å². The van der Waals surface area contributed by atoms with E-state index >= 15 is 0 Å². The Balaban J connectivity index is 3.27. The van der Waals surface area contributed by atoms with Crippen molar-refractivity contribution in [1.29, 1.82) is 5.41 Å². The molecule has 0 bridgehead atoms. The number of nitrogens with one attached hydrogen (secondary N) is 1. The summed E-state index contributed by atoms with van der Waals surface area (Å²) in [5.41, 5.74) is 5.07. The first kappa shape index (κ1) is 6.15. The molecular formula is C5H8N2. The van der Waals surface area contributed by atoms with E-state index in [4.69, 9.17) is 11.1 Å². The maximum atomic E-state index is 6.38. The zero-order valence-electron chi connectivity index (χ0n) is 4.02. The minimum Gasteiger partial charge on any atom is -0.327 e. The molecule has 2 nitrogen and oxygen atoms in total. The van der Waals surface area contributed by atoms with E-state index in [0.29, 0.717) is 6.54 Å². The van der Waals surface area contributed by atoms with Crippen molar-refractivity contribution in [2.45, 2.75) is 0 Å². The van der Waals surface area contributed by atoms with Crippen LogP contribution < -0.4 is 5.73 Å².